The van der Waals surface area contributed by atoms with Crippen molar-refractivity contribution in [1.82, 2.24) is 5.32 Å². The molecule has 0 atom stereocenters. The Balaban J connectivity index is 0.000000574. The van der Waals surface area contributed by atoms with Crippen LogP contribution >= 0.6 is 23.2 Å². The monoisotopic (exact) mass is 480 g/mol. The molecule has 178 valence electrons. The number of aryl methyl sites for hydroxylation is 1. The zero-order chi connectivity index (χ0) is 24.4. The largest absolute Gasteiger partial charge is 0.352 e. The summed E-state index contributed by atoms with van der Waals surface area (Å²) < 4.78 is 0. The van der Waals surface area contributed by atoms with Crippen LogP contribution in [0.15, 0.2) is 48.5 Å². The molecule has 0 heterocycles. The summed E-state index contributed by atoms with van der Waals surface area (Å²) in [6.45, 7) is 9.17. The first-order chi connectivity index (χ1) is 15.3. The van der Waals surface area contributed by atoms with E-state index in [0.29, 0.717) is 48.3 Å². The van der Waals surface area contributed by atoms with Crippen LogP contribution in [-0.4, -0.2) is 18.2 Å². The third-order valence-corrected chi connectivity index (χ3v) is 5.12. The van der Waals surface area contributed by atoms with Gasteiger partial charge in [-0.2, -0.15) is 0 Å². The van der Waals surface area contributed by atoms with Gasteiger partial charge in [0.25, 0.3) is 0 Å². The lowest BCUT2D eigenvalue weighted by atomic mass is 10.1. The molecular formula is C26H38Cl2N2O2. The van der Waals surface area contributed by atoms with E-state index < -0.39 is 0 Å². The van der Waals surface area contributed by atoms with Gasteiger partial charge in [-0.1, -0.05) is 87.3 Å². The van der Waals surface area contributed by atoms with Crippen molar-refractivity contribution < 1.29 is 9.59 Å². The van der Waals surface area contributed by atoms with E-state index in [1.54, 1.807) is 12.1 Å². The van der Waals surface area contributed by atoms with Gasteiger partial charge in [-0.25, -0.2) is 0 Å². The van der Waals surface area contributed by atoms with Crippen LogP contribution in [0.1, 0.15) is 64.5 Å². The normalized spacial score (nSPS) is 9.88. The van der Waals surface area contributed by atoms with Gasteiger partial charge in [0.15, 0.2) is 0 Å². The minimum absolute atomic E-state index is 0.0739. The fraction of sp³-hybridized carbons (Fsp3) is 0.462. The number of carbonyl (C=O) groups is 2. The number of amides is 1. The molecule has 0 unspecified atom stereocenters. The van der Waals surface area contributed by atoms with Gasteiger partial charge in [0, 0.05) is 25.8 Å². The summed E-state index contributed by atoms with van der Waals surface area (Å²) in [7, 11) is 0. The minimum Gasteiger partial charge on any atom is -0.352 e. The summed E-state index contributed by atoms with van der Waals surface area (Å²) in [5.41, 5.74) is 7.45. The smallest absolute Gasteiger partial charge is 0.220 e. The van der Waals surface area contributed by atoms with Crippen molar-refractivity contribution in [2.45, 2.75) is 66.3 Å². The van der Waals surface area contributed by atoms with Crippen LogP contribution in [0, 0.1) is 5.92 Å². The zero-order valence-electron chi connectivity index (χ0n) is 19.8. The zero-order valence-corrected chi connectivity index (χ0v) is 21.3. The highest BCUT2D eigenvalue weighted by molar-refractivity contribution is 6.42. The Morgan fingerprint density at radius 2 is 1.56 bits per heavy atom. The fourth-order valence-corrected chi connectivity index (χ4v) is 2.89. The number of hydrogen-bond donors (Lipinski definition) is 2. The third kappa shape index (κ3) is 15.0. The number of hydrogen-bond acceptors (Lipinski definition) is 3. The van der Waals surface area contributed by atoms with Crippen LogP contribution < -0.4 is 11.1 Å². The fourth-order valence-electron chi connectivity index (χ4n) is 2.57. The Morgan fingerprint density at radius 3 is 2.12 bits per heavy atom. The second kappa shape index (κ2) is 18.7. The maximum atomic E-state index is 11.5. The lowest BCUT2D eigenvalue weighted by Gasteiger charge is -2.07. The van der Waals surface area contributed by atoms with Crippen LogP contribution in [0.25, 0.3) is 0 Å². The van der Waals surface area contributed by atoms with E-state index in [-0.39, 0.29) is 11.7 Å². The lowest BCUT2D eigenvalue weighted by molar-refractivity contribution is -0.121. The number of nitrogens with one attached hydrogen (secondary N) is 1. The lowest BCUT2D eigenvalue weighted by Crippen LogP contribution is -2.22. The van der Waals surface area contributed by atoms with Gasteiger partial charge in [-0.15, -0.1) is 0 Å². The van der Waals surface area contributed by atoms with Crippen molar-refractivity contribution in [2.75, 3.05) is 6.54 Å². The molecule has 0 aliphatic heterocycles. The molecule has 1 amide bonds. The van der Waals surface area contributed by atoms with Gasteiger partial charge in [-0.05, 0) is 48.6 Å². The predicted molar refractivity (Wildman–Crippen MR) is 137 cm³/mol. The van der Waals surface area contributed by atoms with Crippen molar-refractivity contribution in [3.05, 3.63) is 69.7 Å². The first kappa shape index (κ1) is 30.1. The average Bonchev–Trinajstić information content (AvgIpc) is 2.80. The summed E-state index contributed by atoms with van der Waals surface area (Å²) in [6, 6.07) is 15.4. The molecule has 32 heavy (non-hydrogen) atoms. The molecule has 2 rings (SSSR count). The molecule has 0 radical (unpaired) electrons. The summed E-state index contributed by atoms with van der Waals surface area (Å²) in [4.78, 5) is 22.6. The molecule has 3 N–H and O–H groups in total. The molecule has 6 heteroatoms. The number of rotatable bonds is 10. The third-order valence-electron chi connectivity index (χ3n) is 4.38. The van der Waals surface area contributed by atoms with E-state index in [2.05, 4.69) is 19.2 Å². The molecule has 2 aromatic carbocycles. The summed E-state index contributed by atoms with van der Waals surface area (Å²) >= 11 is 11.7. The molecule has 0 fully saturated rings. The van der Waals surface area contributed by atoms with Crippen molar-refractivity contribution in [3.63, 3.8) is 0 Å². The highest BCUT2D eigenvalue weighted by Gasteiger charge is 2.04. The van der Waals surface area contributed by atoms with Gasteiger partial charge < -0.3 is 11.1 Å². The van der Waals surface area contributed by atoms with Crippen LogP contribution in [0.5, 0.6) is 0 Å². The molecule has 4 nitrogen and oxygen atoms in total. The second-order valence-corrected chi connectivity index (χ2v) is 8.34. The molecular weight excluding hydrogens is 443 g/mol. The number of nitrogens with two attached hydrogens (primary N) is 1. The Morgan fingerprint density at radius 1 is 0.906 bits per heavy atom. The molecule has 0 saturated heterocycles. The standard InChI is InChI=1S/C13H17Cl2NO.C11H15NO.C2H6/c1-9(2)3-6-13(17)16-8-10-4-5-11(14)12(15)7-10;12-9-8-11(13)7-6-10-4-2-1-3-5-10;1-2/h4-5,7,9H,3,6,8H2,1-2H3,(H,16,17);1-5H,6-9,12H2;1-2H3. The molecule has 0 saturated carbocycles. The first-order valence-corrected chi connectivity index (χ1v) is 12.0. The van der Waals surface area contributed by atoms with E-state index in [9.17, 15) is 9.59 Å². The predicted octanol–water partition coefficient (Wildman–Crippen LogP) is 6.61. The Bertz CT molecular complexity index is 781. The number of ketones is 1. The van der Waals surface area contributed by atoms with Crippen LogP contribution in [0.2, 0.25) is 10.0 Å². The van der Waals surface area contributed by atoms with E-state index >= 15 is 0 Å². The molecule has 0 aliphatic carbocycles. The highest BCUT2D eigenvalue weighted by atomic mass is 35.5. The van der Waals surface area contributed by atoms with Crippen molar-refractivity contribution in [3.8, 4) is 0 Å². The summed E-state index contributed by atoms with van der Waals surface area (Å²) in [5.74, 6) is 0.877. The Kier molecular flexibility index (Phi) is 17.6. The van der Waals surface area contributed by atoms with E-state index in [1.165, 1.54) is 5.56 Å². The van der Waals surface area contributed by atoms with Crippen LogP contribution in [-0.2, 0) is 22.6 Å². The van der Waals surface area contributed by atoms with Gasteiger partial charge in [0.1, 0.15) is 5.78 Å². The van der Waals surface area contributed by atoms with Crippen molar-refractivity contribution in [1.29, 1.82) is 0 Å². The number of halogens is 2. The van der Waals surface area contributed by atoms with Gasteiger partial charge in [0.2, 0.25) is 5.91 Å². The topological polar surface area (TPSA) is 72.2 Å². The van der Waals surface area contributed by atoms with Gasteiger partial charge in [0.05, 0.1) is 10.0 Å². The Hall–Kier alpha value is -1.88. The SMILES string of the molecule is CC.CC(C)CCC(=O)NCc1ccc(Cl)c(Cl)c1.NCCC(=O)CCc1ccccc1. The highest BCUT2D eigenvalue weighted by Crippen LogP contribution is 2.22. The molecule has 2 aromatic rings. The minimum atomic E-state index is 0.0739. The maximum Gasteiger partial charge on any atom is 0.220 e. The van der Waals surface area contributed by atoms with Crippen LogP contribution in [0.3, 0.4) is 0 Å². The van der Waals surface area contributed by atoms with Crippen molar-refractivity contribution in [2.24, 2.45) is 11.7 Å². The first-order valence-electron chi connectivity index (χ1n) is 11.3. The van der Waals surface area contributed by atoms with Gasteiger partial charge >= 0.3 is 0 Å². The van der Waals surface area contributed by atoms with E-state index in [4.69, 9.17) is 28.9 Å². The molecule has 0 aromatic heterocycles. The quantitative estimate of drug-likeness (QED) is 0.401. The van der Waals surface area contributed by atoms with E-state index in [0.717, 1.165) is 18.4 Å². The van der Waals surface area contributed by atoms with Crippen LogP contribution in [0.4, 0.5) is 0 Å². The van der Waals surface area contributed by atoms with E-state index in [1.807, 2.05) is 50.2 Å². The number of benzene rings is 2. The second-order valence-electron chi connectivity index (χ2n) is 7.52. The average molecular weight is 482 g/mol. The number of Topliss-reactive ketones (excluding diaryl/α,β-unsaturated/α-hetero) is 1. The summed E-state index contributed by atoms with van der Waals surface area (Å²) in [5, 5.41) is 3.90. The Labute approximate surface area is 203 Å². The molecule has 0 bridgehead atoms. The maximum absolute atomic E-state index is 11.5. The molecule has 0 aliphatic rings. The summed E-state index contributed by atoms with van der Waals surface area (Å²) in [6.07, 6.45) is 3.43. The van der Waals surface area contributed by atoms with Crippen molar-refractivity contribution >= 4 is 34.9 Å². The molecule has 0 spiro atoms. The van der Waals surface area contributed by atoms with Gasteiger partial charge in [-0.3, -0.25) is 9.59 Å². The number of carbonyl (C=O) groups excluding carboxylic acids is 2.